The van der Waals surface area contributed by atoms with Crippen molar-refractivity contribution in [1.29, 1.82) is 0 Å². The standard InChI is InChI=1S/C8H9ClF2N2O/c9-5-1-2-8(12)13-6(5)3-14-4-7(10)11/h1-2,7H,3-4H2,(H2,12,13). The number of halogens is 3. The predicted octanol–water partition coefficient (Wildman–Crippen LogP) is 2.10. The summed E-state index contributed by atoms with van der Waals surface area (Å²) < 4.78 is 28.1. The first-order chi connectivity index (χ1) is 6.59. The van der Waals surface area contributed by atoms with Gasteiger partial charge >= 0.3 is 0 Å². The molecule has 0 fully saturated rings. The molecule has 0 unspecified atom stereocenters. The van der Waals surface area contributed by atoms with Crippen molar-refractivity contribution in [2.45, 2.75) is 13.0 Å². The summed E-state index contributed by atoms with van der Waals surface area (Å²) in [6.45, 7) is -0.693. The molecule has 0 aliphatic heterocycles. The molecule has 0 aromatic carbocycles. The smallest absolute Gasteiger partial charge is 0.261 e. The van der Waals surface area contributed by atoms with Crippen LogP contribution in [0.5, 0.6) is 0 Å². The first-order valence-corrected chi connectivity index (χ1v) is 4.24. The Bertz CT molecular complexity index is 309. The van der Waals surface area contributed by atoms with Crippen LogP contribution in [-0.4, -0.2) is 18.0 Å². The van der Waals surface area contributed by atoms with E-state index in [4.69, 9.17) is 17.3 Å². The topological polar surface area (TPSA) is 48.1 Å². The number of hydrogen-bond acceptors (Lipinski definition) is 3. The van der Waals surface area contributed by atoms with Gasteiger partial charge in [0.15, 0.2) is 0 Å². The number of anilines is 1. The van der Waals surface area contributed by atoms with Crippen molar-refractivity contribution in [3.8, 4) is 0 Å². The normalized spacial score (nSPS) is 10.9. The lowest BCUT2D eigenvalue weighted by molar-refractivity contribution is 0.00890. The SMILES string of the molecule is Nc1ccc(Cl)c(COCC(F)F)n1. The number of alkyl halides is 2. The van der Waals surface area contributed by atoms with Crippen LogP contribution in [0.15, 0.2) is 12.1 Å². The van der Waals surface area contributed by atoms with Gasteiger partial charge in [-0.3, -0.25) is 0 Å². The van der Waals surface area contributed by atoms with Crippen LogP contribution in [-0.2, 0) is 11.3 Å². The molecule has 0 aliphatic rings. The van der Waals surface area contributed by atoms with Crippen LogP contribution in [0, 0.1) is 0 Å². The third-order valence-electron chi connectivity index (χ3n) is 1.42. The van der Waals surface area contributed by atoms with Crippen LogP contribution in [0.25, 0.3) is 0 Å². The van der Waals surface area contributed by atoms with Gasteiger partial charge in [0.1, 0.15) is 12.4 Å². The summed E-state index contributed by atoms with van der Waals surface area (Å²) in [4.78, 5) is 3.85. The third-order valence-corrected chi connectivity index (χ3v) is 1.77. The largest absolute Gasteiger partial charge is 0.384 e. The van der Waals surface area contributed by atoms with E-state index in [0.29, 0.717) is 10.7 Å². The maximum Gasteiger partial charge on any atom is 0.261 e. The van der Waals surface area contributed by atoms with Crippen molar-refractivity contribution in [3.05, 3.63) is 22.8 Å². The summed E-state index contributed by atoms with van der Waals surface area (Å²) in [5.41, 5.74) is 5.75. The van der Waals surface area contributed by atoms with Crippen LogP contribution in [0.3, 0.4) is 0 Å². The molecule has 2 N–H and O–H groups in total. The van der Waals surface area contributed by atoms with Gasteiger partial charge in [0.2, 0.25) is 0 Å². The molecule has 0 aliphatic carbocycles. The van der Waals surface area contributed by atoms with Gasteiger partial charge in [0.25, 0.3) is 6.43 Å². The quantitative estimate of drug-likeness (QED) is 0.849. The van der Waals surface area contributed by atoms with Crippen molar-refractivity contribution in [3.63, 3.8) is 0 Å². The minimum atomic E-state index is -2.49. The molecule has 0 spiro atoms. The van der Waals surface area contributed by atoms with E-state index in [2.05, 4.69) is 9.72 Å². The molecule has 0 amide bonds. The summed E-state index contributed by atoms with van der Waals surface area (Å²) in [7, 11) is 0. The molecule has 14 heavy (non-hydrogen) atoms. The molecule has 78 valence electrons. The predicted molar refractivity (Wildman–Crippen MR) is 49.3 cm³/mol. The van der Waals surface area contributed by atoms with Gasteiger partial charge in [0.05, 0.1) is 17.3 Å². The summed E-state index contributed by atoms with van der Waals surface area (Å²) in [5, 5.41) is 0.355. The Morgan fingerprint density at radius 2 is 2.21 bits per heavy atom. The van der Waals surface area contributed by atoms with E-state index in [1.165, 1.54) is 6.07 Å². The van der Waals surface area contributed by atoms with Crippen molar-refractivity contribution < 1.29 is 13.5 Å². The molecule has 0 radical (unpaired) electrons. The first-order valence-electron chi connectivity index (χ1n) is 3.86. The van der Waals surface area contributed by atoms with E-state index in [1.807, 2.05) is 0 Å². The Morgan fingerprint density at radius 1 is 1.50 bits per heavy atom. The van der Waals surface area contributed by atoms with Crippen molar-refractivity contribution >= 4 is 17.4 Å². The molecule has 1 aromatic rings. The minimum Gasteiger partial charge on any atom is -0.384 e. The molecule has 1 heterocycles. The van der Waals surface area contributed by atoms with Crippen LogP contribution in [0.2, 0.25) is 5.02 Å². The highest BCUT2D eigenvalue weighted by molar-refractivity contribution is 6.31. The molecular formula is C8H9ClF2N2O. The molecule has 0 saturated heterocycles. The second-order valence-corrected chi connectivity index (χ2v) is 2.98. The molecule has 1 aromatic heterocycles. The number of hydrogen-bond donors (Lipinski definition) is 1. The zero-order valence-corrected chi connectivity index (χ0v) is 7.97. The number of rotatable bonds is 4. The molecular weight excluding hydrogens is 214 g/mol. The Morgan fingerprint density at radius 3 is 2.86 bits per heavy atom. The Labute approximate surface area is 84.8 Å². The van der Waals surface area contributed by atoms with Gasteiger partial charge in [-0.05, 0) is 12.1 Å². The molecule has 3 nitrogen and oxygen atoms in total. The maximum atomic E-state index is 11.7. The first kappa shape index (κ1) is 11.1. The van der Waals surface area contributed by atoms with Crippen molar-refractivity contribution in [2.75, 3.05) is 12.3 Å². The highest BCUT2D eigenvalue weighted by Gasteiger charge is 2.06. The summed E-state index contributed by atoms with van der Waals surface area (Å²) >= 11 is 5.73. The van der Waals surface area contributed by atoms with Crippen molar-refractivity contribution in [1.82, 2.24) is 4.98 Å². The number of aromatic nitrogens is 1. The number of nitrogen functional groups attached to an aromatic ring is 1. The summed E-state index contributed by atoms with van der Waals surface area (Å²) in [5.74, 6) is 0.282. The number of ether oxygens (including phenoxy) is 1. The van der Waals surface area contributed by atoms with Gasteiger partial charge < -0.3 is 10.5 Å². The highest BCUT2D eigenvalue weighted by atomic mass is 35.5. The average molecular weight is 223 g/mol. The lowest BCUT2D eigenvalue weighted by atomic mass is 10.3. The molecule has 0 saturated carbocycles. The van der Waals surface area contributed by atoms with Crippen LogP contribution < -0.4 is 5.73 Å². The van der Waals surface area contributed by atoms with E-state index in [1.54, 1.807) is 6.07 Å². The highest BCUT2D eigenvalue weighted by Crippen LogP contribution is 2.16. The van der Waals surface area contributed by atoms with Crippen LogP contribution in [0.1, 0.15) is 5.69 Å². The van der Waals surface area contributed by atoms with Crippen LogP contribution >= 0.6 is 11.6 Å². The van der Waals surface area contributed by atoms with Gasteiger partial charge in [-0.1, -0.05) is 11.6 Å². The molecule has 0 bridgehead atoms. The second kappa shape index (κ2) is 5.07. The third kappa shape index (κ3) is 3.43. The fraction of sp³-hybridized carbons (Fsp3) is 0.375. The molecule has 1 rings (SSSR count). The van der Waals surface area contributed by atoms with E-state index in [9.17, 15) is 8.78 Å². The number of nitrogens with zero attached hydrogens (tertiary/aromatic N) is 1. The summed E-state index contributed by atoms with van der Waals surface area (Å²) in [6, 6.07) is 3.07. The Hall–Kier alpha value is -0.940. The van der Waals surface area contributed by atoms with E-state index >= 15 is 0 Å². The Balaban J connectivity index is 2.53. The zero-order chi connectivity index (χ0) is 10.6. The van der Waals surface area contributed by atoms with Gasteiger partial charge in [-0.25, -0.2) is 13.8 Å². The van der Waals surface area contributed by atoms with Crippen LogP contribution in [0.4, 0.5) is 14.6 Å². The number of nitrogens with two attached hydrogens (primary N) is 1. The molecule has 0 atom stereocenters. The second-order valence-electron chi connectivity index (χ2n) is 2.57. The molecule has 6 heteroatoms. The maximum absolute atomic E-state index is 11.7. The van der Waals surface area contributed by atoms with E-state index in [0.717, 1.165) is 0 Å². The van der Waals surface area contributed by atoms with Crippen molar-refractivity contribution in [2.24, 2.45) is 0 Å². The van der Waals surface area contributed by atoms with Gasteiger partial charge in [-0.15, -0.1) is 0 Å². The van der Waals surface area contributed by atoms with E-state index in [-0.39, 0.29) is 12.4 Å². The monoisotopic (exact) mass is 222 g/mol. The average Bonchev–Trinajstić information content (AvgIpc) is 2.10. The lowest BCUT2D eigenvalue weighted by Crippen LogP contribution is -2.06. The fourth-order valence-electron chi connectivity index (χ4n) is 0.847. The lowest BCUT2D eigenvalue weighted by Gasteiger charge is -2.05. The van der Waals surface area contributed by atoms with Gasteiger partial charge in [0, 0.05) is 0 Å². The number of pyridine rings is 1. The van der Waals surface area contributed by atoms with Gasteiger partial charge in [-0.2, -0.15) is 0 Å². The minimum absolute atomic E-state index is 0.0613. The summed E-state index contributed by atoms with van der Waals surface area (Å²) in [6.07, 6.45) is -2.49. The Kier molecular flexibility index (Phi) is 4.03. The zero-order valence-electron chi connectivity index (χ0n) is 7.21. The fourth-order valence-corrected chi connectivity index (χ4v) is 1.01. The van der Waals surface area contributed by atoms with E-state index < -0.39 is 13.0 Å².